The second kappa shape index (κ2) is 79.3. The number of esters is 1. The second-order valence-electron chi connectivity index (χ2n) is 29.2. The summed E-state index contributed by atoms with van der Waals surface area (Å²) in [6.07, 6.45) is 99.4. The Morgan fingerprint density at radius 2 is 0.461 bits per heavy atom. The van der Waals surface area contributed by atoms with Crippen LogP contribution in [-0.4, -0.2) is 47.4 Å². The van der Waals surface area contributed by atoms with Gasteiger partial charge in [0.2, 0.25) is 5.91 Å². The van der Waals surface area contributed by atoms with Crippen LogP contribution in [0.1, 0.15) is 495 Å². The van der Waals surface area contributed by atoms with Crippen molar-refractivity contribution in [1.82, 2.24) is 5.32 Å². The first-order chi connectivity index (χ1) is 44.0. The van der Waals surface area contributed by atoms with Crippen LogP contribution in [0.2, 0.25) is 0 Å². The normalized spacial score (nSPS) is 12.4. The number of carbonyl (C=O) groups excluding carboxylic acids is 2. The molecule has 6 nitrogen and oxygen atoms in total. The summed E-state index contributed by atoms with van der Waals surface area (Å²) in [5.74, 6) is 0.00358. The van der Waals surface area contributed by atoms with Gasteiger partial charge in [0.1, 0.15) is 0 Å². The van der Waals surface area contributed by atoms with Crippen molar-refractivity contribution in [2.45, 2.75) is 508 Å². The van der Waals surface area contributed by atoms with Crippen LogP contribution in [0.25, 0.3) is 0 Å². The third-order valence-electron chi connectivity index (χ3n) is 20.2. The molecule has 2 unspecified atom stereocenters. The van der Waals surface area contributed by atoms with Crippen molar-refractivity contribution < 1.29 is 24.5 Å². The van der Waals surface area contributed by atoms with Crippen molar-refractivity contribution in [3.8, 4) is 0 Å². The van der Waals surface area contributed by atoms with Gasteiger partial charge >= 0.3 is 5.97 Å². The van der Waals surface area contributed by atoms with Crippen molar-refractivity contribution in [2.75, 3.05) is 13.2 Å². The highest BCUT2D eigenvalue weighted by molar-refractivity contribution is 5.76. The smallest absolute Gasteiger partial charge is 0.305 e. The lowest BCUT2D eigenvalue weighted by molar-refractivity contribution is -0.143. The molecule has 0 radical (unpaired) electrons. The van der Waals surface area contributed by atoms with Crippen LogP contribution in [0.4, 0.5) is 0 Å². The van der Waals surface area contributed by atoms with Crippen LogP contribution in [0.15, 0.2) is 0 Å². The number of aliphatic hydroxyl groups is 2. The van der Waals surface area contributed by atoms with Gasteiger partial charge in [0.25, 0.3) is 0 Å². The molecule has 0 heterocycles. The molecule has 0 aromatic rings. The maximum absolute atomic E-state index is 12.6. The van der Waals surface area contributed by atoms with E-state index in [1.54, 1.807) is 0 Å². The zero-order valence-corrected chi connectivity index (χ0v) is 61.2. The summed E-state index contributed by atoms with van der Waals surface area (Å²) in [5, 5.41) is 23.5. The lowest BCUT2D eigenvalue weighted by Crippen LogP contribution is -2.45. The van der Waals surface area contributed by atoms with Crippen molar-refractivity contribution in [3.05, 3.63) is 0 Å². The van der Waals surface area contributed by atoms with Gasteiger partial charge in [-0.1, -0.05) is 457 Å². The SMILES string of the molecule is CCCCCCCCCCCCCCCCCCCCCCCC(O)C(CO)NC(=O)CCCCCCCCCCCCCCCCCCCCCCCCCCCCCCCCCCCCCCCCCOC(=O)CCCCCCCCCCCCCC. The molecule has 0 saturated carbocycles. The monoisotopic (exact) mass is 1260 g/mol. The molecular weight excluding hydrogens is 1090 g/mol. The molecule has 0 rings (SSSR count). The first-order valence-corrected chi connectivity index (χ1v) is 41.8. The standard InChI is InChI=1S/C83H165NO5/c1-3-5-7-9-11-13-15-17-18-19-20-40-43-46-49-52-55-59-63-67-71-75-81(86)80(79-85)84-82(87)76-72-68-64-60-56-53-50-47-44-41-38-36-34-32-30-28-26-24-22-21-23-25-27-29-31-33-35-37-39-42-45-48-51-54-58-62-66-70-74-78-89-83(88)77-73-69-65-61-57-16-14-12-10-8-6-4-2/h80-81,85-86H,3-79H2,1-2H3,(H,84,87). The number of aliphatic hydroxyl groups excluding tert-OH is 2. The van der Waals surface area contributed by atoms with Gasteiger partial charge in [-0.15, -0.1) is 0 Å². The van der Waals surface area contributed by atoms with E-state index >= 15 is 0 Å². The maximum Gasteiger partial charge on any atom is 0.305 e. The Balaban J connectivity index is 3.29. The van der Waals surface area contributed by atoms with E-state index in [1.165, 1.54) is 424 Å². The van der Waals surface area contributed by atoms with E-state index in [-0.39, 0.29) is 18.5 Å². The maximum atomic E-state index is 12.6. The Labute approximate surface area is 559 Å². The zero-order valence-electron chi connectivity index (χ0n) is 61.2. The summed E-state index contributed by atoms with van der Waals surface area (Å²) in [6, 6.07) is -0.537. The molecule has 0 spiro atoms. The molecular formula is C83H165NO5. The van der Waals surface area contributed by atoms with Crippen LogP contribution in [0.5, 0.6) is 0 Å². The van der Waals surface area contributed by atoms with Gasteiger partial charge in [0.05, 0.1) is 25.4 Å². The number of hydrogen-bond acceptors (Lipinski definition) is 5. The molecule has 0 aromatic carbocycles. The third kappa shape index (κ3) is 75.8. The van der Waals surface area contributed by atoms with E-state index in [0.717, 1.165) is 38.5 Å². The van der Waals surface area contributed by atoms with Crippen molar-refractivity contribution in [3.63, 3.8) is 0 Å². The van der Waals surface area contributed by atoms with Crippen LogP contribution in [0.3, 0.4) is 0 Å². The lowest BCUT2D eigenvalue weighted by atomic mass is 10.0. The lowest BCUT2D eigenvalue weighted by Gasteiger charge is -2.22. The molecule has 0 aromatic heterocycles. The molecule has 1 amide bonds. The van der Waals surface area contributed by atoms with Crippen molar-refractivity contribution in [2.24, 2.45) is 0 Å². The number of amides is 1. The first-order valence-electron chi connectivity index (χ1n) is 41.8. The fourth-order valence-corrected chi connectivity index (χ4v) is 13.8. The van der Waals surface area contributed by atoms with Gasteiger partial charge in [-0.05, 0) is 25.7 Å². The number of nitrogens with one attached hydrogen (secondary N) is 1. The third-order valence-corrected chi connectivity index (χ3v) is 20.2. The first kappa shape index (κ1) is 87.9. The summed E-state index contributed by atoms with van der Waals surface area (Å²) >= 11 is 0. The Hall–Kier alpha value is -1.14. The van der Waals surface area contributed by atoms with Gasteiger partial charge in [-0.2, -0.15) is 0 Å². The van der Waals surface area contributed by atoms with E-state index < -0.39 is 12.1 Å². The predicted molar refractivity (Wildman–Crippen MR) is 394 cm³/mol. The molecule has 89 heavy (non-hydrogen) atoms. The van der Waals surface area contributed by atoms with Gasteiger partial charge in [-0.25, -0.2) is 0 Å². The van der Waals surface area contributed by atoms with E-state index in [9.17, 15) is 19.8 Å². The van der Waals surface area contributed by atoms with E-state index in [1.807, 2.05) is 0 Å². The Bertz CT molecular complexity index is 1310. The quantitative estimate of drug-likeness (QED) is 0.0417. The molecule has 0 fully saturated rings. The number of rotatable bonds is 80. The summed E-state index contributed by atoms with van der Waals surface area (Å²) in [7, 11) is 0. The summed E-state index contributed by atoms with van der Waals surface area (Å²) in [6.45, 7) is 5.02. The minimum atomic E-state index is -0.660. The highest BCUT2D eigenvalue weighted by Crippen LogP contribution is 2.21. The summed E-state index contributed by atoms with van der Waals surface area (Å²) in [4.78, 5) is 24.6. The van der Waals surface area contributed by atoms with E-state index in [0.29, 0.717) is 25.9 Å². The Morgan fingerprint density at radius 3 is 0.685 bits per heavy atom. The largest absolute Gasteiger partial charge is 0.466 e. The van der Waals surface area contributed by atoms with Gasteiger partial charge in [0.15, 0.2) is 0 Å². The average molecular weight is 1260 g/mol. The number of unbranched alkanes of at least 4 members (excludes halogenated alkanes) is 69. The fourth-order valence-electron chi connectivity index (χ4n) is 13.8. The molecule has 3 N–H and O–H groups in total. The Morgan fingerprint density at radius 1 is 0.270 bits per heavy atom. The fraction of sp³-hybridized carbons (Fsp3) is 0.976. The Kier molecular flexibility index (Phi) is 78.3. The molecule has 0 aliphatic carbocycles. The molecule has 6 heteroatoms. The minimum Gasteiger partial charge on any atom is -0.466 e. The second-order valence-corrected chi connectivity index (χ2v) is 29.2. The van der Waals surface area contributed by atoms with Crippen LogP contribution < -0.4 is 5.32 Å². The number of hydrogen-bond donors (Lipinski definition) is 3. The van der Waals surface area contributed by atoms with Crippen LogP contribution in [0, 0.1) is 0 Å². The molecule has 2 atom stereocenters. The van der Waals surface area contributed by atoms with Crippen molar-refractivity contribution in [1.29, 1.82) is 0 Å². The zero-order chi connectivity index (χ0) is 64.2. The summed E-state index contributed by atoms with van der Waals surface area (Å²) < 4.78 is 5.49. The highest BCUT2D eigenvalue weighted by atomic mass is 16.5. The van der Waals surface area contributed by atoms with Crippen LogP contribution in [-0.2, 0) is 14.3 Å². The topological polar surface area (TPSA) is 95.9 Å². The predicted octanol–water partition coefficient (Wildman–Crippen LogP) is 27.7. The molecule has 0 aliphatic rings. The molecule has 532 valence electrons. The van der Waals surface area contributed by atoms with Crippen molar-refractivity contribution >= 4 is 11.9 Å². The highest BCUT2D eigenvalue weighted by Gasteiger charge is 2.20. The number of carbonyl (C=O) groups is 2. The average Bonchev–Trinajstić information content (AvgIpc) is 3.60. The van der Waals surface area contributed by atoms with Gasteiger partial charge in [0, 0.05) is 12.8 Å². The minimum absolute atomic E-state index is 0.0225. The van der Waals surface area contributed by atoms with Gasteiger partial charge < -0.3 is 20.3 Å². The van der Waals surface area contributed by atoms with Crippen LogP contribution >= 0.6 is 0 Å². The molecule has 0 aliphatic heterocycles. The summed E-state index contributed by atoms with van der Waals surface area (Å²) in [5.41, 5.74) is 0. The molecule has 0 bridgehead atoms. The van der Waals surface area contributed by atoms with E-state index in [4.69, 9.17) is 4.74 Å². The number of ether oxygens (including phenoxy) is 1. The molecule has 0 saturated heterocycles. The van der Waals surface area contributed by atoms with Gasteiger partial charge in [-0.3, -0.25) is 9.59 Å². The van der Waals surface area contributed by atoms with E-state index in [2.05, 4.69) is 19.2 Å².